The Morgan fingerprint density at radius 1 is 0.952 bits per heavy atom. The van der Waals surface area contributed by atoms with Crippen molar-refractivity contribution in [1.82, 2.24) is 4.23 Å². The van der Waals surface area contributed by atoms with E-state index in [9.17, 15) is 4.79 Å². The summed E-state index contributed by atoms with van der Waals surface area (Å²) in [7, 11) is -1.81. The third kappa shape index (κ3) is 2.28. The highest BCUT2D eigenvalue weighted by atomic mass is 28.3. The maximum Gasteiger partial charge on any atom is 0.169 e. The predicted molar refractivity (Wildman–Crippen MR) is 93.8 cm³/mol. The fourth-order valence-corrected chi connectivity index (χ4v) is 11.1. The molecular weight excluding hydrogens is 274 g/mol. The molecule has 2 nitrogen and oxygen atoms in total. The van der Waals surface area contributed by atoms with E-state index in [1.54, 1.807) is 0 Å². The van der Waals surface area contributed by atoms with Gasteiger partial charge in [0.15, 0.2) is 14.5 Å². The molecule has 0 spiro atoms. The van der Waals surface area contributed by atoms with Crippen molar-refractivity contribution in [1.29, 1.82) is 0 Å². The summed E-state index contributed by atoms with van der Waals surface area (Å²) in [5.74, 6) is 0. The van der Waals surface area contributed by atoms with E-state index in [1.165, 1.54) is 5.52 Å². The molecule has 2 aromatic rings. The Bertz CT molecular complexity index is 618. The van der Waals surface area contributed by atoms with Crippen LogP contribution in [-0.4, -0.2) is 18.8 Å². The molecule has 1 heterocycles. The van der Waals surface area contributed by atoms with Crippen molar-refractivity contribution in [2.45, 2.75) is 58.2 Å². The summed E-state index contributed by atoms with van der Waals surface area (Å²) in [6.07, 6.45) is 3.11. The largest absolute Gasteiger partial charge is 0.373 e. The first-order chi connectivity index (χ1) is 9.87. The molecule has 1 aromatic carbocycles. The van der Waals surface area contributed by atoms with Gasteiger partial charge in [0.1, 0.15) is 0 Å². The average molecular weight is 302 g/mol. The van der Waals surface area contributed by atoms with Crippen molar-refractivity contribution in [2.75, 3.05) is 0 Å². The van der Waals surface area contributed by atoms with Gasteiger partial charge in [-0.3, -0.25) is 4.79 Å². The number of hydrogen-bond donors (Lipinski definition) is 0. The van der Waals surface area contributed by atoms with Crippen LogP contribution in [0.15, 0.2) is 30.5 Å². The molecule has 0 fully saturated rings. The Balaban J connectivity index is 2.86. The van der Waals surface area contributed by atoms with Crippen LogP contribution < -0.4 is 0 Å². The minimum absolute atomic E-state index is 0.618. The molecule has 0 bridgehead atoms. The zero-order chi connectivity index (χ0) is 15.8. The second-order valence-corrected chi connectivity index (χ2v) is 12.7. The fourth-order valence-electron chi connectivity index (χ4n) is 4.45. The van der Waals surface area contributed by atoms with Gasteiger partial charge in [-0.2, -0.15) is 0 Å². The molecule has 0 aliphatic rings. The van der Waals surface area contributed by atoms with Crippen molar-refractivity contribution in [3.05, 3.63) is 36.0 Å². The molecule has 114 valence electrons. The van der Waals surface area contributed by atoms with Crippen LogP contribution >= 0.6 is 0 Å². The Hall–Kier alpha value is -1.35. The molecule has 0 N–H and O–H groups in total. The minimum Gasteiger partial charge on any atom is -0.373 e. The molecule has 2 rings (SSSR count). The highest BCUT2D eigenvalue weighted by molar-refractivity contribution is 6.82. The number of aromatic nitrogens is 1. The van der Waals surface area contributed by atoms with Crippen LogP contribution in [0.5, 0.6) is 0 Å². The lowest BCUT2D eigenvalue weighted by Gasteiger charge is -2.44. The summed E-state index contributed by atoms with van der Waals surface area (Å²) in [6.45, 7) is 14.1. The lowest BCUT2D eigenvalue weighted by atomic mass is 10.2. The van der Waals surface area contributed by atoms with Gasteiger partial charge in [-0.15, -0.1) is 0 Å². The van der Waals surface area contributed by atoms with Crippen LogP contribution in [0.2, 0.25) is 16.6 Å². The lowest BCUT2D eigenvalue weighted by Crippen LogP contribution is -2.51. The fraction of sp³-hybridized carbons (Fsp3) is 0.500. The topological polar surface area (TPSA) is 22.0 Å². The van der Waals surface area contributed by atoms with E-state index in [1.807, 2.05) is 6.07 Å². The van der Waals surface area contributed by atoms with Gasteiger partial charge in [0.25, 0.3) is 0 Å². The summed E-state index contributed by atoms with van der Waals surface area (Å²) >= 11 is 0. The zero-order valence-corrected chi connectivity index (χ0v) is 15.1. The summed E-state index contributed by atoms with van der Waals surface area (Å²) < 4.78 is 2.51. The maximum absolute atomic E-state index is 11.5. The monoisotopic (exact) mass is 301 g/mol. The summed E-state index contributed by atoms with van der Waals surface area (Å²) in [6, 6.07) is 8.32. The van der Waals surface area contributed by atoms with E-state index >= 15 is 0 Å². The van der Waals surface area contributed by atoms with Crippen molar-refractivity contribution >= 4 is 25.4 Å². The number of aldehydes is 1. The maximum atomic E-state index is 11.5. The number of para-hydroxylation sites is 1. The van der Waals surface area contributed by atoms with Gasteiger partial charge in [-0.1, -0.05) is 59.7 Å². The summed E-state index contributed by atoms with van der Waals surface area (Å²) in [4.78, 5) is 11.5. The van der Waals surface area contributed by atoms with Crippen LogP contribution in [0, 0.1) is 0 Å². The van der Waals surface area contributed by atoms with E-state index in [2.05, 4.69) is 70.2 Å². The first kappa shape index (κ1) is 16.0. The Kier molecular flexibility index (Phi) is 4.42. The number of nitrogens with zero attached hydrogens (tertiary/aromatic N) is 1. The van der Waals surface area contributed by atoms with Gasteiger partial charge in [0, 0.05) is 22.7 Å². The molecule has 0 aliphatic carbocycles. The first-order valence-electron chi connectivity index (χ1n) is 7.93. The molecule has 0 saturated carbocycles. The number of carbonyl (C=O) groups is 1. The van der Waals surface area contributed by atoms with E-state index < -0.39 is 8.24 Å². The molecule has 0 atom stereocenters. The highest BCUT2D eigenvalue weighted by Gasteiger charge is 2.45. The quantitative estimate of drug-likeness (QED) is 0.529. The minimum atomic E-state index is -1.81. The number of carbonyl (C=O) groups excluding carboxylic acids is 1. The number of hydrogen-bond acceptors (Lipinski definition) is 1. The second-order valence-electron chi connectivity index (χ2n) is 6.94. The Labute approximate surface area is 129 Å². The second kappa shape index (κ2) is 5.80. The van der Waals surface area contributed by atoms with Crippen LogP contribution in [0.4, 0.5) is 0 Å². The van der Waals surface area contributed by atoms with Crippen LogP contribution in [0.3, 0.4) is 0 Å². The normalized spacial score (nSPS) is 12.8. The van der Waals surface area contributed by atoms with Crippen molar-refractivity contribution in [2.24, 2.45) is 0 Å². The van der Waals surface area contributed by atoms with Gasteiger partial charge in [-0.05, 0) is 22.7 Å². The summed E-state index contributed by atoms with van der Waals surface area (Å²) in [5, 5.41) is 1.09. The first-order valence-corrected chi connectivity index (χ1v) is 10.1. The van der Waals surface area contributed by atoms with Gasteiger partial charge in [-0.25, -0.2) is 0 Å². The predicted octanol–water partition coefficient (Wildman–Crippen LogP) is 5.48. The molecule has 21 heavy (non-hydrogen) atoms. The van der Waals surface area contributed by atoms with Gasteiger partial charge < -0.3 is 4.23 Å². The molecule has 1 aromatic heterocycles. The van der Waals surface area contributed by atoms with Crippen molar-refractivity contribution < 1.29 is 4.79 Å². The van der Waals surface area contributed by atoms with E-state index in [0.29, 0.717) is 16.6 Å². The van der Waals surface area contributed by atoms with Crippen LogP contribution in [0.25, 0.3) is 10.9 Å². The third-order valence-electron chi connectivity index (χ3n) is 5.06. The number of fused-ring (bicyclic) bond motifs is 1. The highest BCUT2D eigenvalue weighted by Crippen LogP contribution is 2.44. The average Bonchev–Trinajstić information content (AvgIpc) is 2.78. The number of rotatable bonds is 5. The van der Waals surface area contributed by atoms with Crippen LogP contribution in [0.1, 0.15) is 51.9 Å². The molecule has 0 radical (unpaired) electrons. The van der Waals surface area contributed by atoms with Gasteiger partial charge in [0.05, 0.1) is 0 Å². The number of benzene rings is 1. The molecule has 0 unspecified atom stereocenters. The SMILES string of the molecule is CC(C)[Si](C(C)C)(C(C)C)n1cc(C=O)c2ccccc21. The van der Waals surface area contributed by atoms with Gasteiger partial charge >= 0.3 is 0 Å². The molecule has 0 amide bonds. The lowest BCUT2D eigenvalue weighted by molar-refractivity contribution is 0.112. The van der Waals surface area contributed by atoms with Crippen molar-refractivity contribution in [3.63, 3.8) is 0 Å². The van der Waals surface area contributed by atoms with Crippen LogP contribution in [-0.2, 0) is 0 Å². The Morgan fingerprint density at radius 2 is 1.48 bits per heavy atom. The molecule has 3 heteroatoms. The molecule has 0 saturated heterocycles. The van der Waals surface area contributed by atoms with Gasteiger partial charge in [0.2, 0.25) is 0 Å². The molecular formula is C18H27NOSi. The zero-order valence-electron chi connectivity index (χ0n) is 14.1. The van der Waals surface area contributed by atoms with E-state index in [-0.39, 0.29) is 0 Å². The standard InChI is InChI=1S/C18H27NOSi/c1-13(2)21(14(3)4,15(5)6)19-11-16(12-20)17-9-7-8-10-18(17)19/h7-15H,1-6H3. The van der Waals surface area contributed by atoms with Crippen molar-refractivity contribution in [3.8, 4) is 0 Å². The van der Waals surface area contributed by atoms with E-state index in [0.717, 1.165) is 17.2 Å². The molecule has 0 aliphatic heterocycles. The summed E-state index contributed by atoms with van der Waals surface area (Å²) in [5.41, 5.74) is 3.90. The van der Waals surface area contributed by atoms with E-state index in [4.69, 9.17) is 0 Å². The third-order valence-corrected chi connectivity index (χ3v) is 11.8. The Morgan fingerprint density at radius 3 is 1.95 bits per heavy atom. The smallest absolute Gasteiger partial charge is 0.169 e.